The Kier molecular flexibility index (Phi) is 3.81. The SMILES string of the molecule is C#CCON=C1CCS(=O)CC1. The first-order valence-electron chi connectivity index (χ1n) is 3.79. The summed E-state index contributed by atoms with van der Waals surface area (Å²) in [6.07, 6.45) is 6.52. The van der Waals surface area contributed by atoms with Crippen molar-refractivity contribution in [3.05, 3.63) is 0 Å². The maximum Gasteiger partial charge on any atom is 0.177 e. The predicted molar refractivity (Wildman–Crippen MR) is 49.3 cm³/mol. The van der Waals surface area contributed by atoms with Crippen LogP contribution in [-0.2, 0) is 15.6 Å². The monoisotopic (exact) mass is 185 g/mol. The van der Waals surface area contributed by atoms with Gasteiger partial charge in [-0.05, 0) is 0 Å². The quantitative estimate of drug-likeness (QED) is 0.358. The predicted octanol–water partition coefficient (Wildman–Crippen LogP) is 0.535. The Morgan fingerprint density at radius 2 is 2.25 bits per heavy atom. The fourth-order valence-electron chi connectivity index (χ4n) is 0.942. The highest BCUT2D eigenvalue weighted by molar-refractivity contribution is 7.85. The average molecular weight is 185 g/mol. The third-order valence-electron chi connectivity index (χ3n) is 1.58. The molecule has 0 atom stereocenters. The summed E-state index contributed by atoms with van der Waals surface area (Å²) in [5, 5.41) is 3.85. The van der Waals surface area contributed by atoms with Gasteiger partial charge < -0.3 is 4.84 Å². The highest BCUT2D eigenvalue weighted by atomic mass is 32.2. The molecule has 12 heavy (non-hydrogen) atoms. The standard InChI is InChI=1S/C8H11NO2S/c1-2-5-11-9-8-3-6-12(10)7-4-8/h1H,3-7H2. The van der Waals surface area contributed by atoms with E-state index < -0.39 is 10.8 Å². The van der Waals surface area contributed by atoms with Gasteiger partial charge >= 0.3 is 0 Å². The van der Waals surface area contributed by atoms with Crippen LogP contribution in [-0.4, -0.2) is 28.0 Å². The Hall–Kier alpha value is -0.820. The second-order valence-electron chi connectivity index (χ2n) is 2.48. The molecule has 0 aliphatic carbocycles. The van der Waals surface area contributed by atoms with E-state index >= 15 is 0 Å². The fourth-order valence-corrected chi connectivity index (χ4v) is 2.07. The van der Waals surface area contributed by atoms with Gasteiger partial charge in [-0.3, -0.25) is 4.21 Å². The van der Waals surface area contributed by atoms with Crippen molar-refractivity contribution in [2.24, 2.45) is 5.16 Å². The first-order chi connectivity index (χ1) is 5.83. The summed E-state index contributed by atoms with van der Waals surface area (Å²) in [7, 11) is -0.645. The molecule has 0 spiro atoms. The molecule has 66 valence electrons. The van der Waals surface area contributed by atoms with E-state index in [-0.39, 0.29) is 6.61 Å². The van der Waals surface area contributed by atoms with E-state index in [1.165, 1.54) is 0 Å². The van der Waals surface area contributed by atoms with Crippen LogP contribution in [0.25, 0.3) is 0 Å². The summed E-state index contributed by atoms with van der Waals surface area (Å²) in [5.41, 5.74) is 0.977. The summed E-state index contributed by atoms with van der Waals surface area (Å²) in [5.74, 6) is 3.74. The molecule has 0 N–H and O–H groups in total. The molecule has 3 nitrogen and oxygen atoms in total. The third kappa shape index (κ3) is 3.05. The first kappa shape index (κ1) is 9.27. The second-order valence-corrected chi connectivity index (χ2v) is 4.18. The Bertz CT molecular complexity index is 230. The normalized spacial score (nSPS) is 22.9. The van der Waals surface area contributed by atoms with E-state index in [0.717, 1.165) is 18.6 Å². The summed E-state index contributed by atoms with van der Waals surface area (Å²) in [6.45, 7) is 0.215. The minimum absolute atomic E-state index is 0.215. The van der Waals surface area contributed by atoms with Gasteiger partial charge in [-0.1, -0.05) is 11.1 Å². The minimum atomic E-state index is -0.645. The van der Waals surface area contributed by atoms with Crippen LogP contribution in [0.15, 0.2) is 5.16 Å². The van der Waals surface area contributed by atoms with Crippen LogP contribution in [0.4, 0.5) is 0 Å². The molecule has 0 bridgehead atoms. The lowest BCUT2D eigenvalue weighted by molar-refractivity contribution is 0.178. The molecule has 1 aliphatic rings. The molecule has 4 heteroatoms. The fraction of sp³-hybridized carbons (Fsp3) is 0.625. The van der Waals surface area contributed by atoms with E-state index in [1.54, 1.807) is 0 Å². The molecule has 0 amide bonds. The van der Waals surface area contributed by atoms with Gasteiger partial charge in [0.1, 0.15) is 0 Å². The number of hydrogen-bond acceptors (Lipinski definition) is 3. The van der Waals surface area contributed by atoms with Gasteiger partial charge in [0.2, 0.25) is 0 Å². The highest BCUT2D eigenvalue weighted by Gasteiger charge is 2.12. The lowest BCUT2D eigenvalue weighted by Gasteiger charge is -2.10. The molecule has 0 radical (unpaired) electrons. The van der Waals surface area contributed by atoms with Crippen LogP contribution in [0.5, 0.6) is 0 Å². The third-order valence-corrected chi connectivity index (χ3v) is 2.90. The topological polar surface area (TPSA) is 38.7 Å². The lowest BCUT2D eigenvalue weighted by atomic mass is 10.2. The maximum atomic E-state index is 10.9. The Morgan fingerprint density at radius 3 is 2.83 bits per heavy atom. The molecule has 1 aliphatic heterocycles. The molecular formula is C8H11NO2S. The van der Waals surface area contributed by atoms with Crippen LogP contribution < -0.4 is 0 Å². The van der Waals surface area contributed by atoms with Gasteiger partial charge in [-0.25, -0.2) is 0 Å². The van der Waals surface area contributed by atoms with E-state index in [2.05, 4.69) is 11.1 Å². The zero-order chi connectivity index (χ0) is 8.81. The Labute approximate surface area is 74.6 Å². The smallest absolute Gasteiger partial charge is 0.177 e. The highest BCUT2D eigenvalue weighted by Crippen LogP contribution is 2.05. The average Bonchev–Trinajstić information content (AvgIpc) is 2.09. The van der Waals surface area contributed by atoms with Crippen molar-refractivity contribution in [1.29, 1.82) is 0 Å². The van der Waals surface area contributed by atoms with Gasteiger partial charge in [0.05, 0.1) is 5.71 Å². The van der Waals surface area contributed by atoms with E-state index in [1.807, 2.05) is 0 Å². The summed E-state index contributed by atoms with van der Waals surface area (Å²) in [6, 6.07) is 0. The van der Waals surface area contributed by atoms with Crippen molar-refractivity contribution in [2.75, 3.05) is 18.1 Å². The van der Waals surface area contributed by atoms with Crippen molar-refractivity contribution in [2.45, 2.75) is 12.8 Å². The van der Waals surface area contributed by atoms with Crippen molar-refractivity contribution < 1.29 is 9.05 Å². The van der Waals surface area contributed by atoms with Gasteiger partial charge in [-0.15, -0.1) is 6.42 Å². The molecule has 1 saturated heterocycles. The summed E-state index contributed by atoms with van der Waals surface area (Å²) in [4.78, 5) is 4.81. The van der Waals surface area contributed by atoms with E-state index in [9.17, 15) is 4.21 Å². The van der Waals surface area contributed by atoms with Crippen molar-refractivity contribution in [1.82, 2.24) is 0 Å². The zero-order valence-corrected chi connectivity index (χ0v) is 7.60. The number of terminal acetylenes is 1. The molecule has 0 aromatic rings. The molecule has 1 fully saturated rings. The second kappa shape index (κ2) is 4.94. The number of oxime groups is 1. The van der Waals surface area contributed by atoms with Crippen LogP contribution in [0.2, 0.25) is 0 Å². The summed E-state index contributed by atoms with van der Waals surface area (Å²) >= 11 is 0. The van der Waals surface area contributed by atoms with Crippen LogP contribution >= 0.6 is 0 Å². The van der Waals surface area contributed by atoms with Crippen LogP contribution in [0, 0.1) is 12.3 Å². The van der Waals surface area contributed by atoms with Gasteiger partial charge in [0.25, 0.3) is 0 Å². The van der Waals surface area contributed by atoms with Crippen molar-refractivity contribution in [3.63, 3.8) is 0 Å². The van der Waals surface area contributed by atoms with Crippen LogP contribution in [0.3, 0.4) is 0 Å². The molecule has 0 aromatic carbocycles. The number of hydrogen-bond donors (Lipinski definition) is 0. The maximum absolute atomic E-state index is 10.9. The van der Waals surface area contributed by atoms with Crippen LogP contribution in [0.1, 0.15) is 12.8 Å². The van der Waals surface area contributed by atoms with Gasteiger partial charge in [0.15, 0.2) is 6.61 Å². The van der Waals surface area contributed by atoms with E-state index in [4.69, 9.17) is 11.3 Å². The lowest BCUT2D eigenvalue weighted by Crippen LogP contribution is -2.18. The van der Waals surface area contributed by atoms with Gasteiger partial charge in [0, 0.05) is 35.1 Å². The first-order valence-corrected chi connectivity index (χ1v) is 5.28. The molecule has 0 aromatic heterocycles. The molecular weight excluding hydrogens is 174 g/mol. The summed E-state index contributed by atoms with van der Waals surface area (Å²) < 4.78 is 10.9. The van der Waals surface area contributed by atoms with Crippen molar-refractivity contribution >= 4 is 16.5 Å². The molecule has 0 unspecified atom stereocenters. The number of rotatable bonds is 2. The van der Waals surface area contributed by atoms with E-state index in [0.29, 0.717) is 11.5 Å². The largest absolute Gasteiger partial charge is 0.383 e. The Balaban J connectivity index is 2.29. The Morgan fingerprint density at radius 1 is 1.58 bits per heavy atom. The van der Waals surface area contributed by atoms with Crippen molar-refractivity contribution in [3.8, 4) is 12.3 Å². The molecule has 1 rings (SSSR count). The zero-order valence-electron chi connectivity index (χ0n) is 6.78. The van der Waals surface area contributed by atoms with Gasteiger partial charge in [-0.2, -0.15) is 0 Å². The molecule has 1 heterocycles. The molecule has 0 saturated carbocycles. The number of nitrogens with zero attached hydrogens (tertiary/aromatic N) is 1. The minimum Gasteiger partial charge on any atom is -0.383 e.